The number of hydrogen-bond acceptors (Lipinski definition) is 2. The normalized spacial score (nSPS) is 19.1. The highest BCUT2D eigenvalue weighted by Crippen LogP contribution is 2.36. The van der Waals surface area contributed by atoms with Crippen LogP contribution in [0.15, 0.2) is 53.4 Å². The van der Waals surface area contributed by atoms with Gasteiger partial charge in [0.2, 0.25) is 10.0 Å². The lowest BCUT2D eigenvalue weighted by molar-refractivity contribution is 0.396. The van der Waals surface area contributed by atoms with Crippen molar-refractivity contribution in [2.24, 2.45) is 0 Å². The first kappa shape index (κ1) is 17.1. The van der Waals surface area contributed by atoms with Gasteiger partial charge in [0.25, 0.3) is 0 Å². The van der Waals surface area contributed by atoms with Gasteiger partial charge in [-0.25, -0.2) is 12.8 Å². The van der Waals surface area contributed by atoms with Gasteiger partial charge in [0.15, 0.2) is 0 Å². The molecule has 3 nitrogen and oxygen atoms in total. The molecule has 0 bridgehead atoms. The number of sulfonamides is 1. The first-order valence-corrected chi connectivity index (χ1v) is 9.71. The van der Waals surface area contributed by atoms with Crippen LogP contribution in [0.2, 0.25) is 0 Å². The number of benzene rings is 2. The highest BCUT2D eigenvalue weighted by Gasteiger charge is 2.36. The number of halogens is 1. The molecule has 1 aliphatic rings. The summed E-state index contributed by atoms with van der Waals surface area (Å²) < 4.78 is 40.7. The summed E-state index contributed by atoms with van der Waals surface area (Å²) in [5.41, 5.74) is 1.96. The molecule has 24 heavy (non-hydrogen) atoms. The van der Waals surface area contributed by atoms with Crippen LogP contribution >= 0.6 is 0 Å². The van der Waals surface area contributed by atoms with Crippen molar-refractivity contribution in [3.63, 3.8) is 0 Å². The fourth-order valence-corrected chi connectivity index (χ4v) is 4.89. The van der Waals surface area contributed by atoms with E-state index in [-0.39, 0.29) is 11.9 Å². The van der Waals surface area contributed by atoms with Gasteiger partial charge in [-0.1, -0.05) is 38.1 Å². The third kappa shape index (κ3) is 3.23. The lowest BCUT2D eigenvalue weighted by atomic mass is 10.0. The average Bonchev–Trinajstić information content (AvgIpc) is 3.06. The summed E-state index contributed by atoms with van der Waals surface area (Å²) in [7, 11) is -3.55. The Kier molecular flexibility index (Phi) is 4.74. The maximum atomic E-state index is 13.1. The van der Waals surface area contributed by atoms with E-state index < -0.39 is 10.0 Å². The number of nitrogens with zero attached hydrogens (tertiary/aromatic N) is 1. The summed E-state index contributed by atoms with van der Waals surface area (Å²) in [6.07, 6.45) is 1.57. The minimum absolute atomic E-state index is 0.222. The molecule has 1 fully saturated rings. The van der Waals surface area contributed by atoms with Crippen molar-refractivity contribution >= 4 is 10.0 Å². The molecule has 0 N–H and O–H groups in total. The van der Waals surface area contributed by atoms with Gasteiger partial charge in [0.1, 0.15) is 5.82 Å². The van der Waals surface area contributed by atoms with E-state index in [4.69, 9.17) is 0 Å². The second-order valence-corrected chi connectivity index (χ2v) is 8.44. The van der Waals surface area contributed by atoms with Gasteiger partial charge >= 0.3 is 0 Å². The zero-order valence-electron chi connectivity index (χ0n) is 13.9. The Hall–Kier alpha value is -1.72. The lowest BCUT2D eigenvalue weighted by Gasteiger charge is -2.24. The molecule has 0 spiro atoms. The van der Waals surface area contributed by atoms with Crippen molar-refractivity contribution < 1.29 is 12.8 Å². The summed E-state index contributed by atoms with van der Waals surface area (Å²) in [5, 5.41) is 0. The molecule has 0 amide bonds. The third-order valence-corrected chi connectivity index (χ3v) is 6.53. The van der Waals surface area contributed by atoms with Gasteiger partial charge in [-0.3, -0.25) is 0 Å². The van der Waals surface area contributed by atoms with E-state index >= 15 is 0 Å². The zero-order valence-corrected chi connectivity index (χ0v) is 14.8. The van der Waals surface area contributed by atoms with Gasteiger partial charge in [-0.05, 0) is 54.2 Å². The Morgan fingerprint density at radius 2 is 1.67 bits per heavy atom. The summed E-state index contributed by atoms with van der Waals surface area (Å²) in [5.74, 6) is 0.0518. The lowest BCUT2D eigenvalue weighted by Crippen LogP contribution is -2.30. The third-order valence-electron chi connectivity index (χ3n) is 4.61. The first-order chi connectivity index (χ1) is 11.4. The molecule has 3 rings (SSSR count). The molecule has 1 atom stereocenters. The van der Waals surface area contributed by atoms with Crippen LogP contribution in [-0.2, 0) is 10.0 Å². The second kappa shape index (κ2) is 6.65. The van der Waals surface area contributed by atoms with Gasteiger partial charge in [0, 0.05) is 6.54 Å². The van der Waals surface area contributed by atoms with E-state index in [0.29, 0.717) is 17.4 Å². The molecule has 0 aromatic heterocycles. The Morgan fingerprint density at radius 3 is 2.25 bits per heavy atom. The Morgan fingerprint density at radius 1 is 1.04 bits per heavy atom. The van der Waals surface area contributed by atoms with Crippen LogP contribution in [0, 0.1) is 5.82 Å². The van der Waals surface area contributed by atoms with Crippen LogP contribution in [0.5, 0.6) is 0 Å². The Balaban J connectivity index is 1.91. The van der Waals surface area contributed by atoms with E-state index in [1.807, 2.05) is 12.1 Å². The molecule has 1 heterocycles. The smallest absolute Gasteiger partial charge is 0.207 e. The highest BCUT2D eigenvalue weighted by molar-refractivity contribution is 7.89. The molecular weight excluding hydrogens is 325 g/mol. The molecule has 0 aliphatic carbocycles. The van der Waals surface area contributed by atoms with Crippen molar-refractivity contribution in [1.29, 1.82) is 0 Å². The van der Waals surface area contributed by atoms with Crippen LogP contribution in [0.1, 0.15) is 49.8 Å². The van der Waals surface area contributed by atoms with Crippen LogP contribution in [0.25, 0.3) is 0 Å². The molecule has 5 heteroatoms. The molecular formula is C19H22FNO2S. The average molecular weight is 347 g/mol. The molecule has 128 valence electrons. The van der Waals surface area contributed by atoms with E-state index in [2.05, 4.69) is 13.8 Å². The van der Waals surface area contributed by atoms with Gasteiger partial charge in [-0.2, -0.15) is 4.31 Å². The van der Waals surface area contributed by atoms with Crippen molar-refractivity contribution in [3.8, 4) is 0 Å². The monoisotopic (exact) mass is 347 g/mol. The van der Waals surface area contributed by atoms with Crippen LogP contribution in [0.4, 0.5) is 4.39 Å². The molecule has 2 aromatic rings. The van der Waals surface area contributed by atoms with Crippen molar-refractivity contribution in [2.75, 3.05) is 6.54 Å². The van der Waals surface area contributed by atoms with E-state index in [1.54, 1.807) is 28.6 Å². The predicted molar refractivity (Wildman–Crippen MR) is 92.8 cm³/mol. The maximum absolute atomic E-state index is 13.1. The Labute approximate surface area is 143 Å². The molecule has 0 radical (unpaired) electrons. The van der Waals surface area contributed by atoms with Crippen molar-refractivity contribution in [2.45, 2.75) is 43.5 Å². The highest BCUT2D eigenvalue weighted by atomic mass is 32.2. The summed E-state index contributed by atoms with van der Waals surface area (Å²) in [6, 6.07) is 13.0. The van der Waals surface area contributed by atoms with Gasteiger partial charge in [-0.15, -0.1) is 0 Å². The predicted octanol–water partition coefficient (Wildman–Crippen LogP) is 4.47. The maximum Gasteiger partial charge on any atom is 0.243 e. The van der Waals surface area contributed by atoms with Crippen LogP contribution in [-0.4, -0.2) is 19.3 Å². The van der Waals surface area contributed by atoms with E-state index in [9.17, 15) is 12.8 Å². The standard InChI is InChI=1S/C19H22FNO2S/c1-14(2)15-7-11-18(12-8-15)24(22,23)21-13-3-4-19(21)16-5-9-17(20)10-6-16/h5-12,14,19H,3-4,13H2,1-2H3. The zero-order chi connectivity index (χ0) is 17.3. The summed E-state index contributed by atoms with van der Waals surface area (Å²) in [4.78, 5) is 0.320. The Bertz CT molecular complexity index is 798. The number of rotatable bonds is 4. The largest absolute Gasteiger partial charge is 0.243 e. The minimum atomic E-state index is -3.55. The van der Waals surface area contributed by atoms with Gasteiger partial charge < -0.3 is 0 Å². The van der Waals surface area contributed by atoms with Crippen molar-refractivity contribution in [1.82, 2.24) is 4.31 Å². The molecule has 2 aromatic carbocycles. The first-order valence-electron chi connectivity index (χ1n) is 8.27. The van der Waals surface area contributed by atoms with Crippen LogP contribution < -0.4 is 0 Å². The molecule has 1 unspecified atom stereocenters. The number of hydrogen-bond donors (Lipinski definition) is 0. The fraction of sp³-hybridized carbons (Fsp3) is 0.368. The van der Waals surface area contributed by atoms with E-state index in [0.717, 1.165) is 24.0 Å². The minimum Gasteiger partial charge on any atom is -0.207 e. The van der Waals surface area contributed by atoms with E-state index in [1.165, 1.54) is 12.1 Å². The SMILES string of the molecule is CC(C)c1ccc(S(=O)(=O)N2CCCC2c2ccc(F)cc2)cc1. The summed E-state index contributed by atoms with van der Waals surface area (Å²) >= 11 is 0. The fourth-order valence-electron chi connectivity index (χ4n) is 3.21. The molecule has 1 saturated heterocycles. The van der Waals surface area contributed by atoms with Crippen molar-refractivity contribution in [3.05, 3.63) is 65.5 Å². The molecule has 1 aliphatic heterocycles. The molecule has 0 saturated carbocycles. The van der Waals surface area contributed by atoms with Crippen LogP contribution in [0.3, 0.4) is 0 Å². The summed E-state index contributed by atoms with van der Waals surface area (Å²) in [6.45, 7) is 4.65. The van der Waals surface area contributed by atoms with Gasteiger partial charge in [0.05, 0.1) is 10.9 Å². The quantitative estimate of drug-likeness (QED) is 0.818. The second-order valence-electron chi connectivity index (χ2n) is 6.55. The topological polar surface area (TPSA) is 37.4 Å².